The maximum atomic E-state index is 5.49. The first-order valence-electron chi connectivity index (χ1n) is 8.82. The van der Waals surface area contributed by atoms with Crippen molar-refractivity contribution in [2.24, 2.45) is 0 Å². The van der Waals surface area contributed by atoms with Crippen LogP contribution in [0.2, 0.25) is 0 Å². The van der Waals surface area contributed by atoms with E-state index in [2.05, 4.69) is 57.4 Å². The van der Waals surface area contributed by atoms with E-state index in [-0.39, 0.29) is 0 Å². The van der Waals surface area contributed by atoms with Crippen molar-refractivity contribution in [2.75, 3.05) is 7.05 Å². The number of aromatic nitrogens is 3. The molecule has 0 saturated carbocycles. The molecule has 27 heavy (non-hydrogen) atoms. The Labute approximate surface area is 158 Å². The third kappa shape index (κ3) is 4.27. The van der Waals surface area contributed by atoms with Crippen LogP contribution in [0, 0.1) is 0 Å². The minimum absolute atomic E-state index is 0.697. The highest BCUT2D eigenvalue weighted by Crippen LogP contribution is 2.21. The van der Waals surface area contributed by atoms with Crippen molar-refractivity contribution in [3.63, 3.8) is 0 Å². The van der Waals surface area contributed by atoms with Crippen LogP contribution in [0.4, 0.5) is 0 Å². The quantitative estimate of drug-likeness (QED) is 0.511. The summed E-state index contributed by atoms with van der Waals surface area (Å²) in [5.41, 5.74) is 5.39. The van der Waals surface area contributed by atoms with Crippen LogP contribution >= 0.6 is 0 Å². The molecule has 4 rings (SSSR count). The van der Waals surface area contributed by atoms with Gasteiger partial charge >= 0.3 is 0 Å². The van der Waals surface area contributed by atoms with Crippen molar-refractivity contribution in [1.82, 2.24) is 20.0 Å². The molecule has 0 fully saturated rings. The van der Waals surface area contributed by atoms with Crippen LogP contribution in [-0.2, 0) is 13.1 Å². The number of pyridine rings is 2. The molecule has 0 atom stereocenters. The van der Waals surface area contributed by atoms with E-state index in [4.69, 9.17) is 4.52 Å². The van der Waals surface area contributed by atoms with Crippen molar-refractivity contribution < 1.29 is 4.52 Å². The van der Waals surface area contributed by atoms with Gasteiger partial charge in [0.2, 0.25) is 0 Å². The van der Waals surface area contributed by atoms with Crippen molar-refractivity contribution >= 4 is 0 Å². The van der Waals surface area contributed by atoms with E-state index in [1.165, 1.54) is 11.1 Å². The summed E-state index contributed by atoms with van der Waals surface area (Å²) in [6.45, 7) is 1.53. The molecular weight excluding hydrogens is 336 g/mol. The van der Waals surface area contributed by atoms with Gasteiger partial charge in [0.25, 0.3) is 0 Å². The molecule has 134 valence electrons. The van der Waals surface area contributed by atoms with E-state index >= 15 is 0 Å². The van der Waals surface area contributed by atoms with Crippen LogP contribution in [0.3, 0.4) is 0 Å². The lowest BCUT2D eigenvalue weighted by atomic mass is 10.1. The van der Waals surface area contributed by atoms with E-state index in [1.807, 2.05) is 30.5 Å². The van der Waals surface area contributed by atoms with Crippen LogP contribution < -0.4 is 0 Å². The van der Waals surface area contributed by atoms with Crippen LogP contribution in [0.1, 0.15) is 11.3 Å². The lowest BCUT2D eigenvalue weighted by Crippen LogP contribution is -2.16. The largest absolute Gasteiger partial charge is 0.359 e. The van der Waals surface area contributed by atoms with E-state index in [0.29, 0.717) is 6.54 Å². The van der Waals surface area contributed by atoms with E-state index in [9.17, 15) is 0 Å². The standard InChI is InChI=1S/C22H20N4O/c1-26(16-21-13-22(25-27-21)19-8-11-23-12-9-19)15-17-4-6-18(7-5-17)20-3-2-10-24-14-20/h2-14H,15-16H2,1H3. The third-order valence-electron chi connectivity index (χ3n) is 4.36. The lowest BCUT2D eigenvalue weighted by Gasteiger charge is -2.15. The summed E-state index contributed by atoms with van der Waals surface area (Å²) in [7, 11) is 2.07. The molecule has 0 aliphatic carbocycles. The monoisotopic (exact) mass is 356 g/mol. The molecule has 0 saturated heterocycles. The Hall–Kier alpha value is -3.31. The number of nitrogens with zero attached hydrogens (tertiary/aromatic N) is 4. The number of benzene rings is 1. The predicted molar refractivity (Wildman–Crippen MR) is 105 cm³/mol. The van der Waals surface area contributed by atoms with Gasteiger partial charge in [-0.15, -0.1) is 0 Å². The first-order valence-corrected chi connectivity index (χ1v) is 8.82. The highest BCUT2D eigenvalue weighted by atomic mass is 16.5. The smallest absolute Gasteiger partial charge is 0.151 e. The Morgan fingerprint density at radius 3 is 2.37 bits per heavy atom. The molecular formula is C22H20N4O. The van der Waals surface area contributed by atoms with Gasteiger partial charge in [-0.1, -0.05) is 35.5 Å². The average molecular weight is 356 g/mol. The maximum absolute atomic E-state index is 5.49. The molecule has 0 bridgehead atoms. The summed E-state index contributed by atoms with van der Waals surface area (Å²) < 4.78 is 5.49. The van der Waals surface area contributed by atoms with Crippen molar-refractivity contribution in [3.8, 4) is 22.4 Å². The number of rotatable bonds is 6. The molecule has 4 aromatic rings. The second-order valence-electron chi connectivity index (χ2n) is 6.53. The van der Waals surface area contributed by atoms with Crippen LogP contribution in [-0.4, -0.2) is 27.1 Å². The van der Waals surface area contributed by atoms with Gasteiger partial charge in [0, 0.05) is 43.0 Å². The van der Waals surface area contributed by atoms with Gasteiger partial charge in [-0.2, -0.15) is 0 Å². The van der Waals surface area contributed by atoms with Crippen molar-refractivity contribution in [3.05, 3.63) is 90.7 Å². The molecule has 0 radical (unpaired) electrons. The molecule has 0 unspecified atom stereocenters. The summed E-state index contributed by atoms with van der Waals surface area (Å²) in [5.74, 6) is 0.844. The van der Waals surface area contributed by atoms with E-state index in [1.54, 1.807) is 18.6 Å². The lowest BCUT2D eigenvalue weighted by molar-refractivity contribution is 0.267. The second kappa shape index (κ2) is 7.93. The van der Waals surface area contributed by atoms with Gasteiger partial charge in [0.05, 0.1) is 6.54 Å². The average Bonchev–Trinajstić information content (AvgIpc) is 3.18. The van der Waals surface area contributed by atoms with E-state index in [0.717, 1.165) is 29.1 Å². The Kier molecular flexibility index (Phi) is 5.03. The number of hydrogen-bond donors (Lipinski definition) is 0. The van der Waals surface area contributed by atoms with Gasteiger partial charge in [-0.05, 0) is 41.9 Å². The summed E-state index contributed by atoms with van der Waals surface area (Å²) >= 11 is 0. The van der Waals surface area contributed by atoms with Crippen LogP contribution in [0.5, 0.6) is 0 Å². The molecule has 1 aromatic carbocycles. The summed E-state index contributed by atoms with van der Waals surface area (Å²) in [4.78, 5) is 10.4. The Morgan fingerprint density at radius 2 is 1.63 bits per heavy atom. The first kappa shape index (κ1) is 17.1. The molecule has 3 heterocycles. The molecule has 5 heteroatoms. The Balaban J connectivity index is 1.38. The second-order valence-corrected chi connectivity index (χ2v) is 6.53. The fourth-order valence-corrected chi connectivity index (χ4v) is 3.02. The van der Waals surface area contributed by atoms with Crippen LogP contribution in [0.15, 0.2) is 83.9 Å². The summed E-state index contributed by atoms with van der Waals surface area (Å²) in [6.07, 6.45) is 7.18. The summed E-state index contributed by atoms with van der Waals surface area (Å²) in [5, 5.41) is 4.16. The zero-order chi connectivity index (χ0) is 18.5. The predicted octanol–water partition coefficient (Wildman–Crippen LogP) is 4.43. The Morgan fingerprint density at radius 1 is 0.815 bits per heavy atom. The normalized spacial score (nSPS) is 11.0. The SMILES string of the molecule is CN(Cc1ccc(-c2cccnc2)cc1)Cc1cc(-c2ccncc2)no1. The van der Waals surface area contributed by atoms with Gasteiger partial charge in [0.1, 0.15) is 5.69 Å². The number of hydrogen-bond acceptors (Lipinski definition) is 5. The third-order valence-corrected chi connectivity index (χ3v) is 4.36. The van der Waals surface area contributed by atoms with Gasteiger partial charge < -0.3 is 4.52 Å². The van der Waals surface area contributed by atoms with Gasteiger partial charge in [0.15, 0.2) is 5.76 Å². The fraction of sp³-hybridized carbons (Fsp3) is 0.136. The molecule has 3 aromatic heterocycles. The van der Waals surface area contributed by atoms with Crippen molar-refractivity contribution in [2.45, 2.75) is 13.1 Å². The highest BCUT2D eigenvalue weighted by Gasteiger charge is 2.09. The van der Waals surface area contributed by atoms with Crippen LogP contribution in [0.25, 0.3) is 22.4 Å². The van der Waals surface area contributed by atoms with Crippen molar-refractivity contribution in [1.29, 1.82) is 0 Å². The zero-order valence-corrected chi connectivity index (χ0v) is 15.1. The maximum Gasteiger partial charge on any atom is 0.151 e. The summed E-state index contributed by atoms with van der Waals surface area (Å²) in [6, 6.07) is 18.4. The zero-order valence-electron chi connectivity index (χ0n) is 15.1. The molecule has 0 N–H and O–H groups in total. The topological polar surface area (TPSA) is 55.1 Å². The fourth-order valence-electron chi connectivity index (χ4n) is 3.02. The minimum atomic E-state index is 0.697. The first-order chi connectivity index (χ1) is 13.3. The molecule has 0 aliphatic heterocycles. The minimum Gasteiger partial charge on any atom is -0.359 e. The Bertz CT molecular complexity index is 982. The van der Waals surface area contributed by atoms with Gasteiger partial charge in [-0.25, -0.2) is 0 Å². The molecule has 0 amide bonds. The van der Waals surface area contributed by atoms with Gasteiger partial charge in [-0.3, -0.25) is 14.9 Å². The highest BCUT2D eigenvalue weighted by molar-refractivity contribution is 5.62. The molecule has 5 nitrogen and oxygen atoms in total. The molecule has 0 aliphatic rings. The van der Waals surface area contributed by atoms with E-state index < -0.39 is 0 Å². The molecule has 0 spiro atoms.